The lowest BCUT2D eigenvalue weighted by atomic mass is 9.82. The van der Waals surface area contributed by atoms with Gasteiger partial charge < -0.3 is 10.2 Å². The van der Waals surface area contributed by atoms with E-state index in [1.54, 1.807) is 24.3 Å². The third-order valence-corrected chi connectivity index (χ3v) is 9.36. The maximum absolute atomic E-state index is 13.5. The number of hydrogen-bond acceptors (Lipinski definition) is 6. The molecule has 0 fully saturated rings. The summed E-state index contributed by atoms with van der Waals surface area (Å²) in [4.78, 5) is 52.8. The van der Waals surface area contributed by atoms with Gasteiger partial charge in [0.1, 0.15) is 16.9 Å². The Balaban J connectivity index is 2.03. The number of carbonyl (C=O) groups excluding carboxylic acids is 4. The second kappa shape index (κ2) is 23.3. The number of rotatable bonds is 23. The summed E-state index contributed by atoms with van der Waals surface area (Å²) in [5.41, 5.74) is 9.57. The number of unbranched alkanes of at least 4 members (excludes halogenated alkanes) is 13. The first-order valence-corrected chi connectivity index (χ1v) is 18.9. The van der Waals surface area contributed by atoms with E-state index < -0.39 is 29.0 Å². The van der Waals surface area contributed by atoms with Crippen molar-refractivity contribution in [3.8, 4) is 11.5 Å². The lowest BCUT2D eigenvalue weighted by molar-refractivity contribution is -0.144. The quantitative estimate of drug-likeness (QED) is 0.0392. The number of phenolic OH excluding ortho intramolecular Hbond substituents is 2. The van der Waals surface area contributed by atoms with Gasteiger partial charge in [0.05, 0.1) is 11.1 Å². The smallest absolute Gasteiger partial charge is 0.273 e. The topological polar surface area (TPSA) is 157 Å². The Morgan fingerprint density at radius 3 is 1.26 bits per heavy atom. The molecular formula is C40H62N4O6. The normalized spacial score (nSPS) is 11.2. The highest BCUT2D eigenvalue weighted by Gasteiger charge is 2.41. The predicted octanol–water partition coefficient (Wildman–Crippen LogP) is 8.10. The summed E-state index contributed by atoms with van der Waals surface area (Å²) in [5, 5.41) is 21.1. The molecule has 0 saturated carbocycles. The standard InChI is InChI=1S/C40H62N4O6/c1-5-8-11-14-17-20-27-40(4,38(49)43-41-36(47)32-25-23-30(28-34(32)45)21-18-15-12-9-6-2)39(50)44-42-37(48)33-26-24-31(29-35(33)46)22-19-16-13-10-7-3/h23-26,28-29,45-46H,5-22,27H2,1-4H3,(H,41,47)(H,42,48)(H,43,49)(H,44,50). The van der Waals surface area contributed by atoms with Gasteiger partial charge in [0.25, 0.3) is 23.6 Å². The Kier molecular flexibility index (Phi) is 19.7. The van der Waals surface area contributed by atoms with Gasteiger partial charge in [-0.1, -0.05) is 123 Å². The molecule has 10 heteroatoms. The Morgan fingerprint density at radius 1 is 0.520 bits per heavy atom. The van der Waals surface area contributed by atoms with E-state index in [0.29, 0.717) is 6.42 Å². The monoisotopic (exact) mass is 694 g/mol. The van der Waals surface area contributed by atoms with E-state index in [4.69, 9.17) is 0 Å². The molecule has 0 spiro atoms. The highest BCUT2D eigenvalue weighted by molar-refractivity contribution is 6.07. The molecule has 0 heterocycles. The van der Waals surface area contributed by atoms with Crippen LogP contribution in [-0.2, 0) is 22.4 Å². The van der Waals surface area contributed by atoms with Gasteiger partial charge in [0.15, 0.2) is 0 Å². The molecule has 0 aromatic heterocycles. The molecule has 6 N–H and O–H groups in total. The molecule has 0 aliphatic heterocycles. The molecule has 0 aliphatic carbocycles. The van der Waals surface area contributed by atoms with Gasteiger partial charge in [-0.3, -0.25) is 40.9 Å². The largest absolute Gasteiger partial charge is 0.507 e. The van der Waals surface area contributed by atoms with E-state index in [1.165, 1.54) is 57.6 Å². The number of phenols is 2. The van der Waals surface area contributed by atoms with Crippen molar-refractivity contribution in [2.45, 2.75) is 150 Å². The van der Waals surface area contributed by atoms with E-state index in [1.807, 2.05) is 0 Å². The number of amides is 4. The van der Waals surface area contributed by atoms with Crippen molar-refractivity contribution in [1.82, 2.24) is 21.7 Å². The summed E-state index contributed by atoms with van der Waals surface area (Å²) in [7, 11) is 0. The van der Waals surface area contributed by atoms with Crippen molar-refractivity contribution in [3.63, 3.8) is 0 Å². The molecule has 0 atom stereocenters. The molecule has 0 aliphatic rings. The molecular weight excluding hydrogens is 632 g/mol. The minimum absolute atomic E-state index is 0.00306. The van der Waals surface area contributed by atoms with Gasteiger partial charge in [0, 0.05) is 0 Å². The van der Waals surface area contributed by atoms with E-state index in [-0.39, 0.29) is 29.0 Å². The average molecular weight is 695 g/mol. The SMILES string of the molecule is CCCCCCCCC(C)(C(=O)NNC(=O)c1ccc(CCCCCCC)cc1O)C(=O)NNC(=O)c1ccc(CCCCCCC)cc1O. The van der Waals surface area contributed by atoms with Crippen LogP contribution in [0.3, 0.4) is 0 Å². The van der Waals surface area contributed by atoms with Crippen LogP contribution in [0, 0.1) is 5.41 Å². The fourth-order valence-electron chi connectivity index (χ4n) is 5.94. The van der Waals surface area contributed by atoms with Crippen LogP contribution < -0.4 is 21.7 Å². The van der Waals surface area contributed by atoms with Crippen LogP contribution in [0.1, 0.15) is 169 Å². The van der Waals surface area contributed by atoms with Gasteiger partial charge in [-0.05, 0) is 74.4 Å². The second-order valence-electron chi connectivity index (χ2n) is 13.7. The molecule has 2 rings (SSSR count). The van der Waals surface area contributed by atoms with Gasteiger partial charge in [-0.2, -0.15) is 0 Å². The summed E-state index contributed by atoms with van der Waals surface area (Å²) in [6.45, 7) is 7.92. The predicted molar refractivity (Wildman–Crippen MR) is 198 cm³/mol. The summed E-state index contributed by atoms with van der Waals surface area (Å²) >= 11 is 0. The van der Waals surface area contributed by atoms with Crippen LogP contribution in [0.25, 0.3) is 0 Å². The van der Waals surface area contributed by atoms with Crippen LogP contribution in [-0.4, -0.2) is 33.8 Å². The van der Waals surface area contributed by atoms with Crippen LogP contribution in [0.15, 0.2) is 36.4 Å². The molecule has 50 heavy (non-hydrogen) atoms. The number of carbonyl (C=O) groups is 4. The van der Waals surface area contributed by atoms with Gasteiger partial charge in [-0.15, -0.1) is 0 Å². The molecule has 0 saturated heterocycles. The van der Waals surface area contributed by atoms with E-state index in [9.17, 15) is 29.4 Å². The highest BCUT2D eigenvalue weighted by Crippen LogP contribution is 2.27. The molecule has 10 nitrogen and oxygen atoms in total. The zero-order valence-corrected chi connectivity index (χ0v) is 30.9. The molecule has 278 valence electrons. The number of nitrogens with one attached hydrogen (secondary N) is 4. The highest BCUT2D eigenvalue weighted by atomic mass is 16.3. The molecule has 0 unspecified atom stereocenters. The minimum Gasteiger partial charge on any atom is -0.507 e. The van der Waals surface area contributed by atoms with Crippen LogP contribution in [0.5, 0.6) is 11.5 Å². The third-order valence-electron chi connectivity index (χ3n) is 9.36. The zero-order valence-electron chi connectivity index (χ0n) is 30.9. The first-order chi connectivity index (χ1) is 24.1. The van der Waals surface area contributed by atoms with E-state index >= 15 is 0 Å². The molecule has 0 bridgehead atoms. The Morgan fingerprint density at radius 2 is 0.880 bits per heavy atom. The number of hydrazine groups is 2. The maximum Gasteiger partial charge on any atom is 0.273 e. The Bertz CT molecular complexity index is 1270. The molecule has 2 aromatic rings. The summed E-state index contributed by atoms with van der Waals surface area (Å²) in [6, 6.07) is 9.74. The molecule has 4 amide bonds. The van der Waals surface area contributed by atoms with Crippen molar-refractivity contribution in [2.24, 2.45) is 5.41 Å². The lowest BCUT2D eigenvalue weighted by Crippen LogP contribution is -2.57. The Hall–Kier alpha value is -4.08. The van der Waals surface area contributed by atoms with Crippen molar-refractivity contribution in [2.75, 3.05) is 0 Å². The molecule has 2 aromatic carbocycles. The first kappa shape index (κ1) is 42.1. The number of hydrogen-bond donors (Lipinski definition) is 6. The van der Waals surface area contributed by atoms with E-state index in [2.05, 4.69) is 42.5 Å². The number of aryl methyl sites for hydroxylation is 2. The summed E-state index contributed by atoms with van der Waals surface area (Å²) in [6.07, 6.45) is 18.6. The van der Waals surface area contributed by atoms with Crippen LogP contribution in [0.4, 0.5) is 0 Å². The van der Waals surface area contributed by atoms with Gasteiger partial charge >= 0.3 is 0 Å². The summed E-state index contributed by atoms with van der Waals surface area (Å²) in [5.74, 6) is -3.36. The minimum atomic E-state index is -1.65. The number of aromatic hydroxyl groups is 2. The zero-order chi connectivity index (χ0) is 36.8. The second-order valence-corrected chi connectivity index (χ2v) is 13.7. The van der Waals surface area contributed by atoms with Gasteiger partial charge in [-0.25, -0.2) is 0 Å². The maximum atomic E-state index is 13.5. The van der Waals surface area contributed by atoms with Crippen molar-refractivity contribution in [3.05, 3.63) is 58.7 Å². The average Bonchev–Trinajstić information content (AvgIpc) is 3.10. The van der Waals surface area contributed by atoms with Crippen LogP contribution >= 0.6 is 0 Å². The summed E-state index contributed by atoms with van der Waals surface area (Å²) < 4.78 is 0. The third kappa shape index (κ3) is 14.4. The van der Waals surface area contributed by atoms with E-state index in [0.717, 1.165) is 81.8 Å². The Labute approximate surface area is 299 Å². The van der Waals surface area contributed by atoms with Crippen molar-refractivity contribution in [1.29, 1.82) is 0 Å². The first-order valence-electron chi connectivity index (χ1n) is 18.9. The van der Waals surface area contributed by atoms with Crippen molar-refractivity contribution >= 4 is 23.6 Å². The molecule has 0 radical (unpaired) electrons. The fraction of sp³-hybridized carbons (Fsp3) is 0.600. The lowest BCUT2D eigenvalue weighted by Gasteiger charge is -2.27. The fourth-order valence-corrected chi connectivity index (χ4v) is 5.94. The number of benzene rings is 2. The van der Waals surface area contributed by atoms with Crippen molar-refractivity contribution < 1.29 is 29.4 Å². The van der Waals surface area contributed by atoms with Crippen LogP contribution in [0.2, 0.25) is 0 Å². The van der Waals surface area contributed by atoms with Gasteiger partial charge in [0.2, 0.25) is 0 Å².